The Morgan fingerprint density at radius 3 is 2.62 bits per heavy atom. The minimum atomic E-state index is -0.514. The number of pyridine rings is 1. The normalized spacial score (nSPS) is 9.69. The molecule has 0 atom stereocenters. The molecule has 5 nitrogen and oxygen atoms in total. The lowest BCUT2D eigenvalue weighted by Gasteiger charge is -2.08. The van der Waals surface area contributed by atoms with Gasteiger partial charge in [-0.2, -0.15) is 0 Å². The number of aromatic nitrogens is 1. The van der Waals surface area contributed by atoms with Gasteiger partial charge in [-0.05, 0) is 23.9 Å². The lowest BCUT2D eigenvalue weighted by molar-refractivity contribution is 0.0593. The van der Waals surface area contributed by atoms with Crippen molar-refractivity contribution >= 4 is 23.0 Å². The van der Waals surface area contributed by atoms with E-state index in [0.717, 1.165) is 11.8 Å². The van der Waals surface area contributed by atoms with Crippen molar-refractivity contribution in [2.24, 2.45) is 0 Å². The number of methoxy groups -OCH3 is 1. The van der Waals surface area contributed by atoms with Crippen molar-refractivity contribution in [3.05, 3.63) is 23.9 Å². The molecule has 0 aliphatic rings. The average molecular weight is 240 g/mol. The number of carbonyl (C=O) groups excluding carboxylic acids is 2. The molecule has 0 saturated heterocycles. The lowest BCUT2D eigenvalue weighted by atomic mass is 10.4. The maximum atomic E-state index is 11.4. The zero-order valence-corrected chi connectivity index (χ0v) is 10.1. The highest BCUT2D eigenvalue weighted by Gasteiger charge is 2.11. The minimum Gasteiger partial charge on any atom is -0.464 e. The smallest absolute Gasteiger partial charge is 0.356 e. The van der Waals surface area contributed by atoms with Crippen LogP contribution in [-0.2, 0) is 4.74 Å². The molecule has 0 aliphatic heterocycles. The summed E-state index contributed by atoms with van der Waals surface area (Å²) in [6, 6.07) is 4.86. The van der Waals surface area contributed by atoms with Gasteiger partial charge in [-0.3, -0.25) is 4.79 Å². The molecule has 1 aromatic heterocycles. The number of ether oxygens (including phenoxy) is 1. The van der Waals surface area contributed by atoms with E-state index in [1.54, 1.807) is 26.2 Å². The van der Waals surface area contributed by atoms with E-state index in [1.165, 1.54) is 18.1 Å². The van der Waals surface area contributed by atoms with E-state index in [1.807, 2.05) is 0 Å². The molecule has 0 aliphatic carbocycles. The Labute approximate surface area is 97.8 Å². The van der Waals surface area contributed by atoms with Gasteiger partial charge in [0.05, 0.1) is 7.11 Å². The highest BCUT2D eigenvalue weighted by Crippen LogP contribution is 2.18. The van der Waals surface area contributed by atoms with E-state index < -0.39 is 5.97 Å². The van der Waals surface area contributed by atoms with E-state index in [0.29, 0.717) is 5.03 Å². The SMILES string of the molecule is COC(=O)c1cccc(SC(=O)N(C)C)n1. The van der Waals surface area contributed by atoms with Gasteiger partial charge in [0.25, 0.3) is 5.24 Å². The van der Waals surface area contributed by atoms with Crippen LogP contribution in [0, 0.1) is 0 Å². The summed E-state index contributed by atoms with van der Waals surface area (Å²) in [6.45, 7) is 0. The highest BCUT2D eigenvalue weighted by atomic mass is 32.2. The largest absolute Gasteiger partial charge is 0.464 e. The first-order chi connectivity index (χ1) is 7.54. The molecule has 0 saturated carbocycles. The number of hydrogen-bond acceptors (Lipinski definition) is 5. The molecule has 16 heavy (non-hydrogen) atoms. The lowest BCUT2D eigenvalue weighted by Crippen LogP contribution is -2.16. The van der Waals surface area contributed by atoms with Crippen LogP contribution in [0.15, 0.2) is 23.2 Å². The van der Waals surface area contributed by atoms with Crippen LogP contribution in [0.4, 0.5) is 4.79 Å². The van der Waals surface area contributed by atoms with Crippen molar-refractivity contribution < 1.29 is 14.3 Å². The van der Waals surface area contributed by atoms with Crippen LogP contribution in [0.1, 0.15) is 10.5 Å². The predicted molar refractivity (Wildman–Crippen MR) is 60.5 cm³/mol. The first kappa shape index (κ1) is 12.5. The first-order valence-electron chi connectivity index (χ1n) is 4.49. The van der Waals surface area contributed by atoms with Gasteiger partial charge >= 0.3 is 5.97 Å². The van der Waals surface area contributed by atoms with Gasteiger partial charge < -0.3 is 9.64 Å². The third-order valence-corrected chi connectivity index (χ3v) is 2.65. The minimum absolute atomic E-state index is 0.144. The highest BCUT2D eigenvalue weighted by molar-refractivity contribution is 8.13. The molecule has 1 aromatic rings. The summed E-state index contributed by atoms with van der Waals surface area (Å²) in [6.07, 6.45) is 0. The zero-order chi connectivity index (χ0) is 12.1. The van der Waals surface area contributed by atoms with E-state index in [-0.39, 0.29) is 10.9 Å². The molecular formula is C10H12N2O3S. The number of amides is 1. The van der Waals surface area contributed by atoms with Gasteiger partial charge in [-0.15, -0.1) is 0 Å². The monoisotopic (exact) mass is 240 g/mol. The molecule has 86 valence electrons. The second-order valence-electron chi connectivity index (χ2n) is 3.12. The summed E-state index contributed by atoms with van der Waals surface area (Å²) in [5.74, 6) is -0.514. The van der Waals surface area contributed by atoms with Crippen LogP contribution < -0.4 is 0 Å². The Balaban J connectivity index is 2.83. The van der Waals surface area contributed by atoms with Gasteiger partial charge in [-0.25, -0.2) is 9.78 Å². The number of thioether (sulfide) groups is 1. The Morgan fingerprint density at radius 1 is 1.38 bits per heavy atom. The van der Waals surface area contributed by atoms with Crippen LogP contribution in [0.5, 0.6) is 0 Å². The molecule has 0 N–H and O–H groups in total. The van der Waals surface area contributed by atoms with Crippen LogP contribution in [0.3, 0.4) is 0 Å². The van der Waals surface area contributed by atoms with Crippen molar-refractivity contribution in [1.82, 2.24) is 9.88 Å². The fraction of sp³-hybridized carbons (Fsp3) is 0.300. The maximum Gasteiger partial charge on any atom is 0.356 e. The molecule has 0 spiro atoms. The van der Waals surface area contributed by atoms with E-state index in [9.17, 15) is 9.59 Å². The molecule has 0 unspecified atom stereocenters. The third kappa shape index (κ3) is 3.23. The number of carbonyl (C=O) groups is 2. The molecule has 0 radical (unpaired) electrons. The number of rotatable bonds is 2. The van der Waals surface area contributed by atoms with Gasteiger partial charge in [0.15, 0.2) is 0 Å². The fourth-order valence-corrected chi connectivity index (χ4v) is 1.52. The topological polar surface area (TPSA) is 59.5 Å². The van der Waals surface area contributed by atoms with Crippen molar-refractivity contribution in [2.45, 2.75) is 5.03 Å². The van der Waals surface area contributed by atoms with Crippen molar-refractivity contribution in [2.75, 3.05) is 21.2 Å². The van der Waals surface area contributed by atoms with Crippen molar-refractivity contribution in [3.8, 4) is 0 Å². The molecule has 0 bridgehead atoms. The second kappa shape index (κ2) is 5.50. The summed E-state index contributed by atoms with van der Waals surface area (Å²) in [5, 5.41) is 0.330. The standard InChI is InChI=1S/C10H12N2O3S/c1-12(2)10(14)16-8-6-4-5-7(11-8)9(13)15-3/h4-6H,1-3H3. The third-order valence-electron chi connectivity index (χ3n) is 1.68. The molecule has 0 aromatic carbocycles. The van der Waals surface area contributed by atoms with E-state index in [4.69, 9.17) is 0 Å². The Kier molecular flexibility index (Phi) is 4.30. The van der Waals surface area contributed by atoms with Crippen molar-refractivity contribution in [3.63, 3.8) is 0 Å². The van der Waals surface area contributed by atoms with Crippen LogP contribution in [0.2, 0.25) is 0 Å². The van der Waals surface area contributed by atoms with Crippen molar-refractivity contribution in [1.29, 1.82) is 0 Å². The predicted octanol–water partition coefficient (Wildman–Crippen LogP) is 1.64. The number of hydrogen-bond donors (Lipinski definition) is 0. The summed E-state index contributed by atoms with van der Waals surface area (Å²) < 4.78 is 4.54. The quantitative estimate of drug-likeness (QED) is 0.581. The Morgan fingerprint density at radius 2 is 2.06 bits per heavy atom. The first-order valence-corrected chi connectivity index (χ1v) is 5.30. The fourth-order valence-electron chi connectivity index (χ4n) is 0.871. The summed E-state index contributed by atoms with van der Waals surface area (Å²) in [5.41, 5.74) is 0.194. The molecular weight excluding hydrogens is 228 g/mol. The van der Waals surface area contributed by atoms with Crippen LogP contribution in [0.25, 0.3) is 0 Å². The summed E-state index contributed by atoms with van der Waals surface area (Å²) in [4.78, 5) is 28.0. The van der Waals surface area contributed by atoms with E-state index in [2.05, 4.69) is 9.72 Å². The van der Waals surface area contributed by atoms with Crippen LogP contribution >= 0.6 is 11.8 Å². The van der Waals surface area contributed by atoms with Gasteiger partial charge in [0, 0.05) is 14.1 Å². The number of nitrogens with zero attached hydrogens (tertiary/aromatic N) is 2. The van der Waals surface area contributed by atoms with Gasteiger partial charge in [0.1, 0.15) is 10.7 Å². The Bertz CT molecular complexity index is 407. The summed E-state index contributed by atoms with van der Waals surface area (Å²) >= 11 is 0.962. The number of esters is 1. The van der Waals surface area contributed by atoms with Crippen LogP contribution in [-0.4, -0.2) is 42.3 Å². The second-order valence-corrected chi connectivity index (χ2v) is 4.09. The molecule has 1 amide bonds. The average Bonchev–Trinajstić information content (AvgIpc) is 2.28. The molecule has 1 heterocycles. The molecule has 0 fully saturated rings. The van der Waals surface area contributed by atoms with Gasteiger partial charge in [-0.1, -0.05) is 6.07 Å². The Hall–Kier alpha value is -1.56. The molecule has 6 heteroatoms. The van der Waals surface area contributed by atoms with Gasteiger partial charge in [0.2, 0.25) is 0 Å². The van der Waals surface area contributed by atoms with E-state index >= 15 is 0 Å². The maximum absolute atomic E-state index is 11.4. The summed E-state index contributed by atoms with van der Waals surface area (Å²) in [7, 11) is 4.59. The molecule has 1 rings (SSSR count). The zero-order valence-electron chi connectivity index (χ0n) is 9.26.